The topological polar surface area (TPSA) is 88.0 Å². The lowest BCUT2D eigenvalue weighted by Crippen LogP contribution is -2.10. The number of hydrazone groups is 1. The fourth-order valence-electron chi connectivity index (χ4n) is 2.69. The van der Waals surface area contributed by atoms with E-state index in [2.05, 4.69) is 25.5 Å². The molecular formula is C19H16N6O. The summed E-state index contributed by atoms with van der Waals surface area (Å²) in [7, 11) is 0. The van der Waals surface area contributed by atoms with Crippen molar-refractivity contribution < 1.29 is 0 Å². The number of nitrogens with zero attached hydrogens (tertiary/aromatic N) is 4. The highest BCUT2D eigenvalue weighted by molar-refractivity contribution is 5.81. The van der Waals surface area contributed by atoms with E-state index in [9.17, 15) is 4.79 Å². The van der Waals surface area contributed by atoms with E-state index in [0.717, 1.165) is 22.3 Å². The van der Waals surface area contributed by atoms with Crippen molar-refractivity contribution >= 4 is 23.2 Å². The summed E-state index contributed by atoms with van der Waals surface area (Å²) in [6.07, 6.45) is 3.48. The van der Waals surface area contributed by atoms with E-state index in [1.54, 1.807) is 13.1 Å². The van der Waals surface area contributed by atoms with Gasteiger partial charge in [0.15, 0.2) is 0 Å². The second-order valence-electron chi connectivity index (χ2n) is 5.80. The summed E-state index contributed by atoms with van der Waals surface area (Å²) in [6.45, 7) is 1.75. The molecule has 7 nitrogen and oxygen atoms in total. The number of hydrogen-bond donors (Lipinski definition) is 2. The van der Waals surface area contributed by atoms with Crippen molar-refractivity contribution in [2.24, 2.45) is 5.10 Å². The number of H-pyrrole nitrogens is 1. The van der Waals surface area contributed by atoms with Gasteiger partial charge in [-0.2, -0.15) is 5.10 Å². The Labute approximate surface area is 149 Å². The molecule has 0 saturated heterocycles. The van der Waals surface area contributed by atoms with Crippen molar-refractivity contribution in [1.82, 2.24) is 19.5 Å². The van der Waals surface area contributed by atoms with Crippen LogP contribution in [-0.2, 0) is 0 Å². The number of nitrogens with one attached hydrogen (secondary N) is 2. The van der Waals surface area contributed by atoms with Gasteiger partial charge in [-0.3, -0.25) is 14.3 Å². The molecule has 4 rings (SSSR count). The van der Waals surface area contributed by atoms with E-state index in [1.807, 2.05) is 59.4 Å². The van der Waals surface area contributed by atoms with Crippen molar-refractivity contribution in [3.8, 4) is 5.69 Å². The smallest absolute Gasteiger partial charge is 0.252 e. The van der Waals surface area contributed by atoms with Crippen molar-refractivity contribution in [3.63, 3.8) is 0 Å². The molecule has 0 atom stereocenters. The fourth-order valence-corrected chi connectivity index (χ4v) is 2.69. The van der Waals surface area contributed by atoms with Gasteiger partial charge in [0, 0.05) is 17.4 Å². The molecule has 0 amide bonds. The molecule has 0 bridgehead atoms. The van der Waals surface area contributed by atoms with E-state index < -0.39 is 0 Å². The molecule has 2 aromatic heterocycles. The molecule has 0 aliphatic carbocycles. The minimum atomic E-state index is -0.216. The van der Waals surface area contributed by atoms with Crippen LogP contribution in [-0.4, -0.2) is 25.7 Å². The van der Waals surface area contributed by atoms with Gasteiger partial charge in [0.1, 0.15) is 6.33 Å². The maximum Gasteiger partial charge on any atom is 0.252 e. The zero-order chi connectivity index (χ0) is 17.9. The van der Waals surface area contributed by atoms with Crippen LogP contribution in [0.4, 0.5) is 5.95 Å². The third kappa shape index (κ3) is 3.23. The maximum atomic E-state index is 11.4. The Morgan fingerprint density at radius 2 is 1.96 bits per heavy atom. The number of anilines is 1. The van der Waals surface area contributed by atoms with Crippen molar-refractivity contribution in [2.75, 3.05) is 5.43 Å². The van der Waals surface area contributed by atoms with Crippen LogP contribution >= 0.6 is 0 Å². The Morgan fingerprint density at radius 1 is 1.15 bits per heavy atom. The third-order valence-corrected chi connectivity index (χ3v) is 3.88. The molecule has 7 heteroatoms. The molecule has 26 heavy (non-hydrogen) atoms. The number of benzene rings is 2. The van der Waals surface area contributed by atoms with Crippen LogP contribution in [0.5, 0.6) is 0 Å². The number of para-hydroxylation sites is 2. The quantitative estimate of drug-likeness (QED) is 0.440. The lowest BCUT2D eigenvalue weighted by Gasteiger charge is -2.04. The van der Waals surface area contributed by atoms with Crippen molar-refractivity contribution in [1.29, 1.82) is 0 Å². The van der Waals surface area contributed by atoms with Crippen LogP contribution in [0.1, 0.15) is 11.3 Å². The van der Waals surface area contributed by atoms with Crippen LogP contribution < -0.4 is 11.0 Å². The molecule has 0 radical (unpaired) electrons. The first kappa shape index (κ1) is 15.8. The van der Waals surface area contributed by atoms with Gasteiger partial charge in [0.25, 0.3) is 5.56 Å². The molecule has 4 aromatic rings. The standard InChI is InChI=1S/C19H16N6O/c1-13-10-18(26)23-19(22-13)24-21-11-14-6-8-15(9-7-14)25-12-20-16-4-2-3-5-17(16)25/h2-12H,1H3,(H2,22,23,24,26)/b21-11-. The molecule has 128 valence electrons. The highest BCUT2D eigenvalue weighted by Gasteiger charge is 2.03. The molecule has 2 heterocycles. The molecule has 0 unspecified atom stereocenters. The highest BCUT2D eigenvalue weighted by Crippen LogP contribution is 2.17. The number of imidazole rings is 1. The summed E-state index contributed by atoms with van der Waals surface area (Å²) in [6, 6.07) is 17.3. The number of aromatic nitrogens is 4. The van der Waals surface area contributed by atoms with Gasteiger partial charge in [0.05, 0.1) is 17.2 Å². The lowest BCUT2D eigenvalue weighted by molar-refractivity contribution is 1.04. The Kier molecular flexibility index (Phi) is 4.03. The zero-order valence-electron chi connectivity index (χ0n) is 14.0. The van der Waals surface area contributed by atoms with E-state index >= 15 is 0 Å². The summed E-state index contributed by atoms with van der Waals surface area (Å²) in [4.78, 5) is 22.5. The number of aryl methyl sites for hydroxylation is 1. The summed E-state index contributed by atoms with van der Waals surface area (Å²) >= 11 is 0. The number of hydrogen-bond acceptors (Lipinski definition) is 5. The summed E-state index contributed by atoms with van der Waals surface area (Å²) in [5.41, 5.74) is 7.10. The summed E-state index contributed by atoms with van der Waals surface area (Å²) in [5.74, 6) is 0.313. The van der Waals surface area contributed by atoms with Gasteiger partial charge in [-0.25, -0.2) is 15.4 Å². The third-order valence-electron chi connectivity index (χ3n) is 3.88. The molecule has 2 N–H and O–H groups in total. The van der Waals surface area contributed by atoms with Gasteiger partial charge in [-0.15, -0.1) is 0 Å². The van der Waals surface area contributed by atoms with Crippen LogP contribution in [0.3, 0.4) is 0 Å². The highest BCUT2D eigenvalue weighted by atomic mass is 16.1. The number of fused-ring (bicyclic) bond motifs is 1. The van der Waals surface area contributed by atoms with Gasteiger partial charge in [0.2, 0.25) is 5.95 Å². The van der Waals surface area contributed by atoms with Crippen LogP contribution in [0.25, 0.3) is 16.7 Å². The van der Waals surface area contributed by atoms with Crippen molar-refractivity contribution in [2.45, 2.75) is 6.92 Å². The Morgan fingerprint density at radius 3 is 2.77 bits per heavy atom. The summed E-state index contributed by atoms with van der Waals surface area (Å²) in [5, 5.41) is 4.11. The fraction of sp³-hybridized carbons (Fsp3) is 0.0526. The molecule has 0 saturated carbocycles. The van der Waals surface area contributed by atoms with Crippen LogP contribution in [0.2, 0.25) is 0 Å². The van der Waals surface area contributed by atoms with Gasteiger partial charge >= 0.3 is 0 Å². The van der Waals surface area contributed by atoms with Crippen LogP contribution in [0.15, 0.2) is 70.8 Å². The molecule has 0 aliphatic rings. The van der Waals surface area contributed by atoms with E-state index in [1.165, 1.54) is 6.07 Å². The first-order valence-corrected chi connectivity index (χ1v) is 8.09. The minimum Gasteiger partial charge on any atom is -0.299 e. The molecule has 0 spiro atoms. The summed E-state index contributed by atoms with van der Waals surface area (Å²) < 4.78 is 2.04. The van der Waals surface area contributed by atoms with Gasteiger partial charge in [-0.1, -0.05) is 24.3 Å². The van der Waals surface area contributed by atoms with Crippen LogP contribution in [0, 0.1) is 6.92 Å². The van der Waals surface area contributed by atoms with E-state index in [0.29, 0.717) is 11.6 Å². The van der Waals surface area contributed by atoms with E-state index in [4.69, 9.17) is 0 Å². The molecule has 0 aliphatic heterocycles. The largest absolute Gasteiger partial charge is 0.299 e. The Bertz CT molecular complexity index is 1140. The number of rotatable bonds is 4. The normalized spacial score (nSPS) is 11.3. The predicted molar refractivity (Wildman–Crippen MR) is 102 cm³/mol. The minimum absolute atomic E-state index is 0.216. The second kappa shape index (κ2) is 6.64. The van der Waals surface area contributed by atoms with E-state index in [-0.39, 0.29) is 5.56 Å². The number of aromatic amines is 1. The monoisotopic (exact) mass is 344 g/mol. The first-order chi connectivity index (χ1) is 12.7. The maximum absolute atomic E-state index is 11.4. The average Bonchev–Trinajstić information content (AvgIpc) is 3.06. The first-order valence-electron chi connectivity index (χ1n) is 8.09. The van der Waals surface area contributed by atoms with Gasteiger partial charge < -0.3 is 0 Å². The molecule has 2 aromatic carbocycles. The average molecular weight is 344 g/mol. The Balaban J connectivity index is 1.51. The Hall–Kier alpha value is -3.74. The zero-order valence-corrected chi connectivity index (χ0v) is 14.0. The van der Waals surface area contributed by atoms with Crippen molar-refractivity contribution in [3.05, 3.63) is 82.5 Å². The SMILES string of the molecule is Cc1cc(=O)[nH]c(N/N=C\c2ccc(-n3cnc4ccccc43)cc2)n1. The van der Waals surface area contributed by atoms with Gasteiger partial charge in [-0.05, 0) is 36.8 Å². The second-order valence-corrected chi connectivity index (χ2v) is 5.80. The molecular weight excluding hydrogens is 328 g/mol. The predicted octanol–water partition coefficient (Wildman–Crippen LogP) is 2.86. The molecule has 0 fully saturated rings. The lowest BCUT2D eigenvalue weighted by atomic mass is 10.2.